The minimum atomic E-state index is -0.576. The number of benzene rings is 1. The quantitative estimate of drug-likeness (QED) is 0.747. The van der Waals surface area contributed by atoms with Gasteiger partial charge in [0.05, 0.1) is 11.6 Å². The third kappa shape index (κ3) is 3.08. The molecular weight excluding hydrogens is 332 g/mol. The fraction of sp³-hybridized carbons (Fsp3) is 0.474. The number of amides is 1. The number of hydrogen-bond donors (Lipinski definition) is 3. The lowest BCUT2D eigenvalue weighted by atomic mass is 9.95. The third-order valence-electron chi connectivity index (χ3n) is 5.11. The van der Waals surface area contributed by atoms with Crippen LogP contribution in [0.1, 0.15) is 36.5 Å². The fourth-order valence-electron chi connectivity index (χ4n) is 3.44. The number of carbonyl (C=O) groups is 1. The molecule has 1 amide bonds. The van der Waals surface area contributed by atoms with Crippen molar-refractivity contribution < 1.29 is 14.6 Å². The Morgan fingerprint density at radius 1 is 1.46 bits per heavy atom. The molecule has 7 heteroatoms. The molecule has 0 bridgehead atoms. The lowest BCUT2D eigenvalue weighted by Crippen LogP contribution is -2.51. The second-order valence-corrected chi connectivity index (χ2v) is 7.15. The van der Waals surface area contributed by atoms with Crippen molar-refractivity contribution in [2.24, 2.45) is 5.92 Å². The number of hydrazine groups is 1. The van der Waals surface area contributed by atoms with Crippen LogP contribution in [0.3, 0.4) is 0 Å². The molecule has 1 saturated carbocycles. The summed E-state index contributed by atoms with van der Waals surface area (Å²) >= 11 is 0. The van der Waals surface area contributed by atoms with Crippen LogP contribution < -0.4 is 15.5 Å². The predicted octanol–water partition coefficient (Wildman–Crippen LogP) is 2.02. The average molecular weight is 356 g/mol. The van der Waals surface area contributed by atoms with Crippen molar-refractivity contribution in [1.29, 1.82) is 5.26 Å². The summed E-state index contributed by atoms with van der Waals surface area (Å²) in [5.74, 6) is 1.01. The van der Waals surface area contributed by atoms with Crippen LogP contribution in [0.5, 0.6) is 5.75 Å². The summed E-state index contributed by atoms with van der Waals surface area (Å²) in [5.41, 5.74) is 4.94. The maximum atomic E-state index is 11.7. The fourth-order valence-corrected chi connectivity index (χ4v) is 3.44. The molecule has 0 spiro atoms. The minimum Gasteiger partial charge on any atom is -0.491 e. The normalized spacial score (nSPS) is 22.3. The predicted molar refractivity (Wildman–Crippen MR) is 96.0 cm³/mol. The van der Waals surface area contributed by atoms with Crippen LogP contribution in [0.4, 0.5) is 0 Å². The first kappa shape index (κ1) is 18.1. The van der Waals surface area contributed by atoms with E-state index < -0.39 is 5.54 Å². The van der Waals surface area contributed by atoms with Gasteiger partial charge in [-0.15, -0.1) is 0 Å². The first-order valence-electron chi connectivity index (χ1n) is 8.69. The van der Waals surface area contributed by atoms with E-state index >= 15 is 0 Å². The van der Waals surface area contributed by atoms with Gasteiger partial charge in [0, 0.05) is 7.05 Å². The first-order chi connectivity index (χ1) is 12.3. The molecule has 1 fully saturated rings. The van der Waals surface area contributed by atoms with E-state index in [0.717, 1.165) is 24.0 Å². The largest absolute Gasteiger partial charge is 0.491 e. The number of likely N-dealkylation sites (N-methyl/N-ethyl adjacent to an activating group) is 1. The molecule has 2 aliphatic rings. The topological polar surface area (TPSA) is 97.6 Å². The zero-order valence-electron chi connectivity index (χ0n) is 15.5. The average Bonchev–Trinajstić information content (AvgIpc) is 3.40. The summed E-state index contributed by atoms with van der Waals surface area (Å²) in [4.78, 5) is 11.7. The van der Waals surface area contributed by atoms with Crippen LogP contribution in [-0.4, -0.2) is 35.2 Å². The van der Waals surface area contributed by atoms with Gasteiger partial charge in [0.25, 0.3) is 0 Å². The standard InChI is InChI=1S/C19H24N4O3/c1-11-7-14(8-12(2)15(11)9-20)26-17-18(25)23(10-16(24)21-4)22-19(17,3)13-5-6-13/h7-8,13,22,25H,5-6,10H2,1-4H3,(H,21,24). The van der Waals surface area contributed by atoms with E-state index in [-0.39, 0.29) is 18.3 Å². The summed E-state index contributed by atoms with van der Waals surface area (Å²) in [5, 5.41) is 23.9. The molecule has 1 aliphatic heterocycles. The lowest BCUT2D eigenvalue weighted by molar-refractivity contribution is -0.122. The number of aliphatic hydroxyl groups excluding tert-OH is 1. The highest BCUT2D eigenvalue weighted by Gasteiger charge is 2.53. The molecule has 7 nitrogen and oxygen atoms in total. The van der Waals surface area contributed by atoms with E-state index in [2.05, 4.69) is 16.8 Å². The number of hydrogen-bond acceptors (Lipinski definition) is 6. The van der Waals surface area contributed by atoms with Gasteiger partial charge in [0.1, 0.15) is 17.8 Å². The van der Waals surface area contributed by atoms with Crippen LogP contribution in [0.25, 0.3) is 0 Å². The van der Waals surface area contributed by atoms with Crippen LogP contribution in [0, 0.1) is 31.1 Å². The molecule has 0 radical (unpaired) electrons. The van der Waals surface area contributed by atoms with Crippen LogP contribution in [0.2, 0.25) is 0 Å². The van der Waals surface area contributed by atoms with Gasteiger partial charge in [-0.1, -0.05) is 0 Å². The summed E-state index contributed by atoms with van der Waals surface area (Å²) in [6, 6.07) is 5.78. The van der Waals surface area contributed by atoms with Crippen LogP contribution >= 0.6 is 0 Å². The number of nitriles is 1. The number of aryl methyl sites for hydroxylation is 2. The number of carbonyl (C=O) groups excluding carboxylic acids is 1. The highest BCUT2D eigenvalue weighted by atomic mass is 16.5. The van der Waals surface area contributed by atoms with Crippen molar-refractivity contribution in [2.45, 2.75) is 39.2 Å². The van der Waals surface area contributed by atoms with E-state index in [9.17, 15) is 15.2 Å². The molecule has 1 aromatic rings. The van der Waals surface area contributed by atoms with Crippen molar-refractivity contribution >= 4 is 5.91 Å². The highest BCUT2D eigenvalue weighted by Crippen LogP contribution is 2.47. The first-order valence-corrected chi connectivity index (χ1v) is 8.69. The van der Waals surface area contributed by atoms with Gasteiger partial charge in [0.2, 0.25) is 11.8 Å². The van der Waals surface area contributed by atoms with E-state index in [4.69, 9.17) is 4.74 Å². The third-order valence-corrected chi connectivity index (χ3v) is 5.11. The molecular formula is C19H24N4O3. The van der Waals surface area contributed by atoms with Crippen LogP contribution in [-0.2, 0) is 4.79 Å². The molecule has 1 heterocycles. The maximum absolute atomic E-state index is 11.7. The van der Waals surface area contributed by atoms with E-state index in [0.29, 0.717) is 23.0 Å². The van der Waals surface area contributed by atoms with Gasteiger partial charge in [-0.25, -0.2) is 5.43 Å². The zero-order valence-corrected chi connectivity index (χ0v) is 15.5. The van der Waals surface area contributed by atoms with Crippen molar-refractivity contribution in [2.75, 3.05) is 13.6 Å². The zero-order chi connectivity index (χ0) is 19.1. The maximum Gasteiger partial charge on any atom is 0.244 e. The Hall–Kier alpha value is -2.72. The minimum absolute atomic E-state index is 0.0110. The molecule has 1 atom stereocenters. The van der Waals surface area contributed by atoms with Gasteiger partial charge < -0.3 is 15.2 Å². The van der Waals surface area contributed by atoms with E-state index in [1.807, 2.05) is 20.8 Å². The van der Waals surface area contributed by atoms with Crippen molar-refractivity contribution in [3.05, 3.63) is 40.5 Å². The molecule has 1 aromatic carbocycles. The summed E-state index contributed by atoms with van der Waals surface area (Å²) < 4.78 is 6.10. The Morgan fingerprint density at radius 2 is 2.08 bits per heavy atom. The molecule has 138 valence electrons. The summed E-state index contributed by atoms with van der Waals surface area (Å²) in [7, 11) is 1.55. The van der Waals surface area contributed by atoms with E-state index in [1.54, 1.807) is 19.2 Å². The van der Waals surface area contributed by atoms with Crippen molar-refractivity contribution in [3.8, 4) is 11.8 Å². The monoisotopic (exact) mass is 356 g/mol. The van der Waals surface area contributed by atoms with Gasteiger partial charge in [0.15, 0.2) is 5.76 Å². The molecule has 1 unspecified atom stereocenters. The Bertz CT molecular complexity index is 800. The van der Waals surface area contributed by atoms with Crippen LogP contribution in [0.15, 0.2) is 23.8 Å². The molecule has 0 saturated heterocycles. The van der Waals surface area contributed by atoms with Crippen molar-refractivity contribution in [3.63, 3.8) is 0 Å². The van der Waals surface area contributed by atoms with Gasteiger partial charge >= 0.3 is 0 Å². The molecule has 1 aliphatic carbocycles. The number of nitrogens with one attached hydrogen (secondary N) is 2. The molecule has 26 heavy (non-hydrogen) atoms. The Balaban J connectivity index is 1.94. The highest BCUT2D eigenvalue weighted by molar-refractivity contribution is 5.77. The SMILES string of the molecule is CNC(=O)CN1NC(C)(C2CC2)C(Oc2cc(C)c(C#N)c(C)c2)=C1O. The Morgan fingerprint density at radius 3 is 2.58 bits per heavy atom. The molecule has 3 rings (SSSR count). The van der Waals surface area contributed by atoms with E-state index in [1.165, 1.54) is 5.01 Å². The van der Waals surface area contributed by atoms with Gasteiger partial charge in [-0.05, 0) is 62.8 Å². The molecule has 3 N–H and O–H groups in total. The number of nitrogens with zero attached hydrogens (tertiary/aromatic N) is 2. The van der Waals surface area contributed by atoms with Crippen molar-refractivity contribution in [1.82, 2.24) is 15.8 Å². The summed E-state index contributed by atoms with van der Waals surface area (Å²) in [6.45, 7) is 5.68. The Labute approximate surface area is 153 Å². The molecule has 0 aromatic heterocycles. The number of ether oxygens (including phenoxy) is 1. The Kier molecular flexibility index (Phi) is 4.55. The number of rotatable bonds is 5. The smallest absolute Gasteiger partial charge is 0.244 e. The van der Waals surface area contributed by atoms with Gasteiger partial charge in [-0.3, -0.25) is 9.80 Å². The summed E-state index contributed by atoms with van der Waals surface area (Å²) in [6.07, 6.45) is 2.06. The second kappa shape index (κ2) is 6.54. The lowest BCUT2D eigenvalue weighted by Gasteiger charge is -2.28. The van der Waals surface area contributed by atoms with Gasteiger partial charge in [-0.2, -0.15) is 5.26 Å². The second-order valence-electron chi connectivity index (χ2n) is 7.15. The number of aliphatic hydroxyl groups is 1.